The molecule has 26 heavy (non-hydrogen) atoms. The number of pyridine rings is 1. The van der Waals surface area contributed by atoms with Crippen LogP contribution in [0.1, 0.15) is 16.1 Å². The average Bonchev–Trinajstić information content (AvgIpc) is 3.18. The molecule has 0 atom stereocenters. The van der Waals surface area contributed by atoms with Gasteiger partial charge in [-0.05, 0) is 17.7 Å². The first-order valence-electron chi connectivity index (χ1n) is 8.04. The second kappa shape index (κ2) is 7.85. The van der Waals surface area contributed by atoms with Crippen LogP contribution in [0.25, 0.3) is 0 Å². The number of nitrogens with one attached hydrogen (secondary N) is 2. The number of carbonyl (C=O) groups is 1. The Kier molecular flexibility index (Phi) is 5.55. The van der Waals surface area contributed by atoms with Crippen molar-refractivity contribution in [2.24, 2.45) is 0 Å². The van der Waals surface area contributed by atoms with Gasteiger partial charge in [0.2, 0.25) is 15.9 Å². The quantitative estimate of drug-likeness (QED) is 0.748. The van der Waals surface area contributed by atoms with E-state index in [1.54, 1.807) is 18.3 Å². The molecule has 140 valence electrons. The first-order chi connectivity index (χ1) is 12.5. The summed E-state index contributed by atoms with van der Waals surface area (Å²) in [4.78, 5) is 19.1. The van der Waals surface area contributed by atoms with Crippen LogP contribution in [0.3, 0.4) is 0 Å². The normalized spacial score (nSPS) is 15.6. The molecule has 0 unspecified atom stereocenters. The number of hydrogen-bond donors (Lipinski definition) is 2. The minimum Gasteiger partial charge on any atom is -0.481 e. The molecule has 1 aliphatic heterocycles. The van der Waals surface area contributed by atoms with Gasteiger partial charge >= 0.3 is 0 Å². The van der Waals surface area contributed by atoms with Gasteiger partial charge in [-0.1, -0.05) is 0 Å². The molecule has 1 aliphatic rings. The fourth-order valence-electron chi connectivity index (χ4n) is 2.54. The highest BCUT2D eigenvalue weighted by atomic mass is 32.2. The number of aromatic amines is 1. The van der Waals surface area contributed by atoms with Crippen LogP contribution in [0.15, 0.2) is 35.5 Å². The smallest absolute Gasteiger partial charge is 0.268 e. The van der Waals surface area contributed by atoms with Gasteiger partial charge in [0.1, 0.15) is 10.6 Å². The van der Waals surface area contributed by atoms with Crippen molar-refractivity contribution in [2.75, 3.05) is 33.4 Å². The standard InChI is InChI=1S/C16H20N4O5S/c1-24-15-8-12(2-3-17-15)10-19-16(21)14-9-13(11-18-14)26(22,23)20-4-6-25-7-5-20/h2-3,8-9,11,18H,4-7,10H2,1H3,(H,19,21). The minimum atomic E-state index is -3.63. The van der Waals surface area contributed by atoms with Crippen LogP contribution in [0, 0.1) is 0 Å². The highest BCUT2D eigenvalue weighted by Crippen LogP contribution is 2.18. The van der Waals surface area contributed by atoms with Crippen molar-refractivity contribution in [3.8, 4) is 5.88 Å². The topological polar surface area (TPSA) is 114 Å². The van der Waals surface area contributed by atoms with Crippen molar-refractivity contribution in [1.82, 2.24) is 19.6 Å². The van der Waals surface area contributed by atoms with Crippen LogP contribution in [0.4, 0.5) is 0 Å². The summed E-state index contributed by atoms with van der Waals surface area (Å²) in [5.74, 6) is 0.0553. The zero-order valence-corrected chi connectivity index (χ0v) is 15.1. The number of ether oxygens (including phenoxy) is 2. The van der Waals surface area contributed by atoms with Gasteiger partial charge in [-0.3, -0.25) is 4.79 Å². The zero-order chi connectivity index (χ0) is 18.6. The Morgan fingerprint density at radius 1 is 1.38 bits per heavy atom. The van der Waals surface area contributed by atoms with Crippen molar-refractivity contribution >= 4 is 15.9 Å². The van der Waals surface area contributed by atoms with E-state index in [1.807, 2.05) is 0 Å². The van der Waals surface area contributed by atoms with E-state index < -0.39 is 15.9 Å². The highest BCUT2D eigenvalue weighted by molar-refractivity contribution is 7.89. The molecule has 1 amide bonds. The monoisotopic (exact) mass is 380 g/mol. The molecule has 3 heterocycles. The molecule has 10 heteroatoms. The number of sulfonamides is 1. The second-order valence-corrected chi connectivity index (χ2v) is 7.59. The number of hydrogen-bond acceptors (Lipinski definition) is 6. The number of carbonyl (C=O) groups excluding carboxylic acids is 1. The number of H-pyrrole nitrogens is 1. The number of morpholine rings is 1. The van der Waals surface area contributed by atoms with Gasteiger partial charge in [-0.25, -0.2) is 13.4 Å². The first-order valence-corrected chi connectivity index (χ1v) is 9.48. The predicted molar refractivity (Wildman–Crippen MR) is 92.3 cm³/mol. The summed E-state index contributed by atoms with van der Waals surface area (Å²) in [5, 5.41) is 2.73. The van der Waals surface area contributed by atoms with Crippen LogP contribution >= 0.6 is 0 Å². The van der Waals surface area contributed by atoms with E-state index in [-0.39, 0.29) is 17.1 Å². The number of nitrogens with zero attached hydrogens (tertiary/aromatic N) is 2. The molecule has 2 aromatic rings. The summed E-state index contributed by atoms with van der Waals surface area (Å²) in [6, 6.07) is 4.81. The van der Waals surface area contributed by atoms with Gasteiger partial charge in [0.05, 0.1) is 20.3 Å². The van der Waals surface area contributed by atoms with Crippen molar-refractivity contribution in [2.45, 2.75) is 11.4 Å². The first kappa shape index (κ1) is 18.4. The maximum absolute atomic E-state index is 12.6. The van der Waals surface area contributed by atoms with E-state index in [9.17, 15) is 13.2 Å². The van der Waals surface area contributed by atoms with Crippen molar-refractivity contribution < 1.29 is 22.7 Å². The van der Waals surface area contributed by atoms with E-state index in [2.05, 4.69) is 15.3 Å². The van der Waals surface area contributed by atoms with E-state index in [0.717, 1.165) is 5.56 Å². The predicted octanol–water partition coefficient (Wildman–Crippen LogP) is 0.369. The molecule has 0 saturated carbocycles. The largest absolute Gasteiger partial charge is 0.481 e. The van der Waals surface area contributed by atoms with E-state index in [0.29, 0.717) is 32.2 Å². The van der Waals surface area contributed by atoms with Crippen LogP contribution in [-0.2, 0) is 21.3 Å². The molecule has 0 bridgehead atoms. The number of rotatable bonds is 6. The van der Waals surface area contributed by atoms with Crippen LogP contribution in [0.2, 0.25) is 0 Å². The summed E-state index contributed by atoms with van der Waals surface area (Å²) in [5.41, 5.74) is 0.996. The van der Waals surface area contributed by atoms with Gasteiger partial charge < -0.3 is 19.8 Å². The minimum absolute atomic E-state index is 0.0649. The summed E-state index contributed by atoms with van der Waals surface area (Å²) in [7, 11) is -2.12. The van der Waals surface area contributed by atoms with Gasteiger partial charge in [0.15, 0.2) is 0 Å². The molecular weight excluding hydrogens is 360 g/mol. The lowest BCUT2D eigenvalue weighted by Gasteiger charge is -2.25. The lowest BCUT2D eigenvalue weighted by atomic mass is 10.2. The van der Waals surface area contributed by atoms with Crippen molar-refractivity contribution in [3.63, 3.8) is 0 Å². The number of amides is 1. The molecule has 0 aliphatic carbocycles. The SMILES string of the molecule is COc1cc(CNC(=O)c2cc(S(=O)(=O)N3CCOCC3)c[nH]2)ccn1. The van der Waals surface area contributed by atoms with Crippen molar-refractivity contribution in [1.29, 1.82) is 0 Å². The van der Waals surface area contributed by atoms with E-state index in [4.69, 9.17) is 9.47 Å². The third kappa shape index (κ3) is 4.03. The molecule has 2 aromatic heterocycles. The van der Waals surface area contributed by atoms with Crippen molar-refractivity contribution in [3.05, 3.63) is 41.9 Å². The summed E-state index contributed by atoms with van der Waals surface area (Å²) in [6.45, 7) is 1.61. The lowest BCUT2D eigenvalue weighted by Crippen LogP contribution is -2.40. The Morgan fingerprint density at radius 2 is 2.15 bits per heavy atom. The van der Waals surface area contributed by atoms with Gasteiger partial charge in [0, 0.05) is 38.1 Å². The third-order valence-corrected chi connectivity index (χ3v) is 5.85. The molecule has 0 aromatic carbocycles. The summed E-state index contributed by atoms with van der Waals surface area (Å²) >= 11 is 0. The third-order valence-electron chi connectivity index (χ3n) is 3.97. The fraction of sp³-hybridized carbons (Fsp3) is 0.375. The number of methoxy groups -OCH3 is 1. The van der Waals surface area contributed by atoms with Crippen LogP contribution in [0.5, 0.6) is 5.88 Å². The number of aromatic nitrogens is 2. The molecular formula is C16H20N4O5S. The molecule has 1 saturated heterocycles. The van der Waals surface area contributed by atoms with Gasteiger partial charge in [0.25, 0.3) is 5.91 Å². The average molecular weight is 380 g/mol. The lowest BCUT2D eigenvalue weighted by molar-refractivity contribution is 0.0730. The van der Waals surface area contributed by atoms with Crippen LogP contribution < -0.4 is 10.1 Å². The summed E-state index contributed by atoms with van der Waals surface area (Å²) < 4.78 is 36.7. The van der Waals surface area contributed by atoms with Crippen LogP contribution in [-0.4, -0.2) is 62.0 Å². The fourth-order valence-corrected chi connectivity index (χ4v) is 3.94. The highest BCUT2D eigenvalue weighted by Gasteiger charge is 2.27. The molecule has 2 N–H and O–H groups in total. The maximum atomic E-state index is 12.6. The molecule has 9 nitrogen and oxygen atoms in total. The summed E-state index contributed by atoms with van der Waals surface area (Å²) in [6.07, 6.45) is 2.91. The Hall–Kier alpha value is -2.43. The maximum Gasteiger partial charge on any atom is 0.268 e. The molecule has 1 fully saturated rings. The zero-order valence-electron chi connectivity index (χ0n) is 14.3. The Balaban J connectivity index is 1.65. The second-order valence-electron chi connectivity index (χ2n) is 5.65. The van der Waals surface area contributed by atoms with E-state index in [1.165, 1.54) is 23.7 Å². The Bertz CT molecular complexity index is 874. The molecule has 3 rings (SSSR count). The van der Waals surface area contributed by atoms with Gasteiger partial charge in [-0.2, -0.15) is 4.31 Å². The Labute approximate surface area is 151 Å². The Morgan fingerprint density at radius 3 is 2.88 bits per heavy atom. The van der Waals surface area contributed by atoms with Gasteiger partial charge in [-0.15, -0.1) is 0 Å². The van der Waals surface area contributed by atoms with E-state index >= 15 is 0 Å². The molecule has 0 radical (unpaired) electrons. The molecule has 0 spiro atoms.